The molecule has 0 aliphatic carbocycles. The highest BCUT2D eigenvalue weighted by Crippen LogP contribution is 2.17. The third-order valence-electron chi connectivity index (χ3n) is 2.90. The molecule has 2 aromatic rings. The summed E-state index contributed by atoms with van der Waals surface area (Å²) in [6.07, 6.45) is 4.82. The molecule has 2 aromatic heterocycles. The zero-order valence-corrected chi connectivity index (χ0v) is 14.5. The number of fused-ring (bicyclic) bond motifs is 1. The molecule has 6 heteroatoms. The zero-order chi connectivity index (χ0) is 15.6. The van der Waals surface area contributed by atoms with Crippen molar-refractivity contribution in [1.82, 2.24) is 14.7 Å². The van der Waals surface area contributed by atoms with E-state index in [0.29, 0.717) is 12.5 Å². The van der Waals surface area contributed by atoms with Crippen molar-refractivity contribution in [3.63, 3.8) is 0 Å². The van der Waals surface area contributed by atoms with Crippen LogP contribution >= 0.6 is 15.9 Å². The van der Waals surface area contributed by atoms with Gasteiger partial charge in [-0.05, 0) is 55.3 Å². The van der Waals surface area contributed by atoms with Crippen LogP contribution in [0.2, 0.25) is 0 Å². The lowest BCUT2D eigenvalue weighted by molar-refractivity contribution is 0.508. The van der Waals surface area contributed by atoms with Gasteiger partial charge in [-0.1, -0.05) is 0 Å². The van der Waals surface area contributed by atoms with Gasteiger partial charge < -0.3 is 15.5 Å². The number of halogens is 1. The second-order valence-corrected chi connectivity index (χ2v) is 7.11. The highest BCUT2D eigenvalue weighted by Gasteiger charge is 2.10. The third kappa shape index (κ3) is 4.46. The van der Waals surface area contributed by atoms with Crippen LogP contribution in [0.4, 0.5) is 0 Å². The van der Waals surface area contributed by atoms with Gasteiger partial charge in [0.25, 0.3) is 0 Å². The molecule has 21 heavy (non-hydrogen) atoms. The smallest absolute Gasteiger partial charge is 0.188 e. The average Bonchev–Trinajstić information content (AvgIpc) is 2.69. The number of guanidine groups is 1. The van der Waals surface area contributed by atoms with Gasteiger partial charge in [0.05, 0.1) is 5.69 Å². The predicted molar refractivity (Wildman–Crippen MR) is 90.7 cm³/mol. The molecule has 0 fully saturated rings. The Labute approximate surface area is 133 Å². The zero-order valence-electron chi connectivity index (χ0n) is 12.9. The standard InChI is InChI=1S/C15H22BrN5/c1-10-7-11(16)8-21-9-12(19-13(10)21)5-6-18-14(17)20-15(2,3)4/h7-9H,5-6H2,1-4H3,(H3,17,18,20). The summed E-state index contributed by atoms with van der Waals surface area (Å²) in [5.74, 6) is 0.477. The molecule has 0 saturated heterocycles. The van der Waals surface area contributed by atoms with Gasteiger partial charge in [-0.2, -0.15) is 0 Å². The van der Waals surface area contributed by atoms with Gasteiger partial charge in [-0.3, -0.25) is 4.99 Å². The molecule has 5 nitrogen and oxygen atoms in total. The van der Waals surface area contributed by atoms with E-state index >= 15 is 0 Å². The molecular formula is C15H22BrN5. The predicted octanol–water partition coefficient (Wildman–Crippen LogP) is 2.65. The summed E-state index contributed by atoms with van der Waals surface area (Å²) in [6.45, 7) is 8.84. The summed E-state index contributed by atoms with van der Waals surface area (Å²) in [7, 11) is 0. The number of hydrogen-bond donors (Lipinski definition) is 2. The van der Waals surface area contributed by atoms with Crippen molar-refractivity contribution in [3.05, 3.63) is 34.2 Å². The van der Waals surface area contributed by atoms with E-state index in [1.807, 2.05) is 16.8 Å². The van der Waals surface area contributed by atoms with Gasteiger partial charge in [-0.15, -0.1) is 0 Å². The Morgan fingerprint density at radius 3 is 2.81 bits per heavy atom. The summed E-state index contributed by atoms with van der Waals surface area (Å²) in [6, 6.07) is 2.06. The summed E-state index contributed by atoms with van der Waals surface area (Å²) in [4.78, 5) is 8.98. The second kappa shape index (κ2) is 6.05. The maximum Gasteiger partial charge on any atom is 0.188 e. The van der Waals surface area contributed by atoms with Crippen molar-refractivity contribution >= 4 is 27.5 Å². The van der Waals surface area contributed by atoms with E-state index in [4.69, 9.17) is 5.73 Å². The minimum atomic E-state index is -0.0694. The first-order valence-electron chi connectivity index (χ1n) is 6.96. The van der Waals surface area contributed by atoms with Gasteiger partial charge in [0.1, 0.15) is 5.65 Å². The molecule has 0 amide bonds. The molecule has 0 atom stereocenters. The van der Waals surface area contributed by atoms with Crippen LogP contribution in [0.5, 0.6) is 0 Å². The van der Waals surface area contributed by atoms with Crippen molar-refractivity contribution in [1.29, 1.82) is 0 Å². The van der Waals surface area contributed by atoms with Crippen LogP contribution in [0.1, 0.15) is 32.0 Å². The highest BCUT2D eigenvalue weighted by molar-refractivity contribution is 9.10. The number of hydrogen-bond acceptors (Lipinski definition) is 2. The Morgan fingerprint density at radius 2 is 2.14 bits per heavy atom. The molecule has 0 spiro atoms. The highest BCUT2D eigenvalue weighted by atomic mass is 79.9. The molecule has 3 N–H and O–H groups in total. The quantitative estimate of drug-likeness (QED) is 0.659. The first kappa shape index (κ1) is 15.8. The number of nitrogens with one attached hydrogen (secondary N) is 1. The minimum Gasteiger partial charge on any atom is -0.370 e. The molecule has 114 valence electrons. The topological polar surface area (TPSA) is 67.7 Å². The number of nitrogens with zero attached hydrogens (tertiary/aromatic N) is 3. The van der Waals surface area contributed by atoms with Gasteiger partial charge >= 0.3 is 0 Å². The molecule has 0 unspecified atom stereocenters. The van der Waals surface area contributed by atoms with E-state index in [1.165, 1.54) is 0 Å². The molecule has 0 aliphatic rings. The molecular weight excluding hydrogens is 330 g/mol. The summed E-state index contributed by atoms with van der Waals surface area (Å²) < 4.78 is 3.09. The van der Waals surface area contributed by atoms with Crippen LogP contribution in [0.3, 0.4) is 0 Å². The molecule has 0 saturated carbocycles. The minimum absolute atomic E-state index is 0.0694. The van der Waals surface area contributed by atoms with E-state index in [0.717, 1.165) is 27.8 Å². The van der Waals surface area contributed by atoms with Crippen LogP contribution in [-0.4, -0.2) is 27.4 Å². The van der Waals surface area contributed by atoms with E-state index in [9.17, 15) is 0 Å². The first-order chi connectivity index (χ1) is 9.74. The number of aromatic nitrogens is 2. The molecule has 0 radical (unpaired) electrons. The monoisotopic (exact) mass is 351 g/mol. The van der Waals surface area contributed by atoms with E-state index in [1.54, 1.807) is 0 Å². The lowest BCUT2D eigenvalue weighted by atomic mass is 10.1. The van der Waals surface area contributed by atoms with Gasteiger partial charge in [0, 0.05) is 35.4 Å². The summed E-state index contributed by atoms with van der Waals surface area (Å²) in [5, 5.41) is 3.14. The number of aliphatic imine (C=N–C) groups is 1. The molecule has 0 bridgehead atoms. The second-order valence-electron chi connectivity index (χ2n) is 6.20. The van der Waals surface area contributed by atoms with Crippen molar-refractivity contribution in [2.24, 2.45) is 10.7 Å². The summed E-state index contributed by atoms with van der Waals surface area (Å²) >= 11 is 3.50. The number of pyridine rings is 1. The maximum absolute atomic E-state index is 5.85. The van der Waals surface area contributed by atoms with E-state index in [-0.39, 0.29) is 5.54 Å². The fourth-order valence-corrected chi connectivity index (χ4v) is 2.68. The van der Waals surface area contributed by atoms with Crippen LogP contribution < -0.4 is 11.1 Å². The Kier molecular flexibility index (Phi) is 4.56. The van der Waals surface area contributed by atoms with Crippen molar-refractivity contribution < 1.29 is 0 Å². The first-order valence-corrected chi connectivity index (χ1v) is 7.76. The van der Waals surface area contributed by atoms with Crippen LogP contribution in [0, 0.1) is 6.92 Å². The van der Waals surface area contributed by atoms with Crippen molar-refractivity contribution in [2.75, 3.05) is 6.54 Å². The van der Waals surface area contributed by atoms with Crippen molar-refractivity contribution in [3.8, 4) is 0 Å². The van der Waals surface area contributed by atoms with Crippen LogP contribution in [-0.2, 0) is 6.42 Å². The van der Waals surface area contributed by atoms with Gasteiger partial charge in [0.2, 0.25) is 0 Å². The van der Waals surface area contributed by atoms with E-state index < -0.39 is 0 Å². The molecule has 2 rings (SSSR count). The molecule has 2 heterocycles. The van der Waals surface area contributed by atoms with Crippen LogP contribution in [0.15, 0.2) is 27.9 Å². The number of aryl methyl sites for hydroxylation is 1. The Hall–Kier alpha value is -1.56. The molecule has 0 aromatic carbocycles. The molecule has 0 aliphatic heterocycles. The van der Waals surface area contributed by atoms with Crippen molar-refractivity contribution in [2.45, 2.75) is 39.7 Å². The van der Waals surface area contributed by atoms with Gasteiger partial charge in [-0.25, -0.2) is 4.98 Å². The van der Waals surface area contributed by atoms with Crippen LogP contribution in [0.25, 0.3) is 5.65 Å². The number of rotatable bonds is 3. The lowest BCUT2D eigenvalue weighted by Crippen LogP contribution is -2.45. The Balaban J connectivity index is 2.04. The fraction of sp³-hybridized carbons (Fsp3) is 0.467. The fourth-order valence-electron chi connectivity index (χ4n) is 2.11. The van der Waals surface area contributed by atoms with E-state index in [2.05, 4.69) is 65.0 Å². The SMILES string of the molecule is Cc1cc(Br)cn2cc(CCN=C(N)NC(C)(C)C)nc12. The van der Waals surface area contributed by atoms with Gasteiger partial charge in [0.15, 0.2) is 5.96 Å². The largest absolute Gasteiger partial charge is 0.370 e. The Bertz CT molecular complexity index is 666. The Morgan fingerprint density at radius 1 is 1.43 bits per heavy atom. The maximum atomic E-state index is 5.85. The summed E-state index contributed by atoms with van der Waals surface area (Å²) in [5.41, 5.74) is 8.93. The third-order valence-corrected chi connectivity index (χ3v) is 3.34. The lowest BCUT2D eigenvalue weighted by Gasteiger charge is -2.20. The average molecular weight is 352 g/mol. The normalized spacial score (nSPS) is 12.9. The number of nitrogens with two attached hydrogens (primary N) is 1. The number of imidazole rings is 1.